The lowest BCUT2D eigenvalue weighted by atomic mass is 10.4. The number of amides is 3. The molecule has 2 heterocycles. The topological polar surface area (TPSA) is 95.6 Å². The van der Waals surface area contributed by atoms with Crippen LogP contribution in [-0.4, -0.2) is 55.5 Å². The van der Waals surface area contributed by atoms with Gasteiger partial charge in [-0.15, -0.1) is 11.8 Å². The van der Waals surface area contributed by atoms with Crippen LogP contribution in [0, 0.1) is 6.92 Å². The molecule has 3 N–H and O–H groups in total. The van der Waals surface area contributed by atoms with Crippen molar-refractivity contribution in [2.75, 3.05) is 43.5 Å². The van der Waals surface area contributed by atoms with E-state index in [2.05, 4.69) is 38.2 Å². The lowest BCUT2D eigenvalue weighted by Crippen LogP contribution is -2.47. The van der Waals surface area contributed by atoms with E-state index in [1.165, 1.54) is 16.2 Å². The number of hydrogen-bond donors (Lipinski definition) is 3. The number of thiazole rings is 1. The van der Waals surface area contributed by atoms with Crippen molar-refractivity contribution in [1.29, 1.82) is 0 Å². The van der Waals surface area contributed by atoms with Crippen LogP contribution in [0.2, 0.25) is 0 Å². The summed E-state index contributed by atoms with van der Waals surface area (Å²) in [4.78, 5) is 32.5. The number of benzene rings is 1. The molecule has 1 aliphatic rings. The molecule has 0 atom stereocenters. The summed E-state index contributed by atoms with van der Waals surface area (Å²) in [5.74, 6) is 0.537. The number of aromatic nitrogens is 1. The molecule has 8 nitrogen and oxygen atoms in total. The lowest BCUT2D eigenvalue weighted by Gasteiger charge is -2.25. The lowest BCUT2D eigenvalue weighted by molar-refractivity contribution is 0.0939. The number of nitrogens with zero attached hydrogens (tertiary/aromatic N) is 2. The normalized spacial score (nSPS) is 13.8. The molecule has 2 aromatic rings. The van der Waals surface area contributed by atoms with Crippen molar-refractivity contribution >= 4 is 40.2 Å². The van der Waals surface area contributed by atoms with Gasteiger partial charge in [0.15, 0.2) is 5.13 Å². The molecule has 10 heteroatoms. The number of ether oxygens (including phenoxy) is 1. The molecule has 3 rings (SSSR count). The maximum atomic E-state index is 12.4. The molecule has 156 valence electrons. The summed E-state index contributed by atoms with van der Waals surface area (Å²) in [5.41, 5.74) is 5.49. The third-order valence-corrected chi connectivity index (χ3v) is 6.50. The predicted molar refractivity (Wildman–Crippen MR) is 116 cm³/mol. The van der Waals surface area contributed by atoms with Crippen LogP contribution in [0.1, 0.15) is 21.8 Å². The van der Waals surface area contributed by atoms with Gasteiger partial charge in [-0.2, -0.15) is 0 Å². The number of urea groups is 1. The Balaban J connectivity index is 1.35. The highest BCUT2D eigenvalue weighted by Crippen LogP contribution is 2.26. The highest BCUT2D eigenvalue weighted by molar-refractivity contribution is 7.99. The van der Waals surface area contributed by atoms with Gasteiger partial charge in [0.05, 0.1) is 18.9 Å². The minimum absolute atomic E-state index is 0.366. The number of hydrogen-bond acceptors (Lipinski definition) is 7. The van der Waals surface area contributed by atoms with Crippen LogP contribution >= 0.6 is 23.1 Å². The number of carbonyl (C=O) groups excluding carboxylic acids is 2. The molecule has 0 bridgehead atoms. The van der Waals surface area contributed by atoms with E-state index in [4.69, 9.17) is 4.74 Å². The number of carbonyl (C=O) groups is 2. The van der Waals surface area contributed by atoms with E-state index in [9.17, 15) is 9.59 Å². The predicted octanol–water partition coefficient (Wildman–Crippen LogP) is 2.41. The van der Waals surface area contributed by atoms with Crippen LogP contribution in [0.4, 0.5) is 9.93 Å². The van der Waals surface area contributed by atoms with Gasteiger partial charge in [-0.1, -0.05) is 29.5 Å². The number of anilines is 1. The van der Waals surface area contributed by atoms with E-state index in [1.807, 2.05) is 18.2 Å². The van der Waals surface area contributed by atoms with Gasteiger partial charge in [0, 0.05) is 24.5 Å². The van der Waals surface area contributed by atoms with Gasteiger partial charge in [0.2, 0.25) is 0 Å². The van der Waals surface area contributed by atoms with Gasteiger partial charge in [-0.3, -0.25) is 10.2 Å². The maximum Gasteiger partial charge on any atom is 0.333 e. The third kappa shape index (κ3) is 6.62. The number of morpholine rings is 1. The molecule has 0 radical (unpaired) electrons. The largest absolute Gasteiger partial charge is 0.378 e. The maximum absolute atomic E-state index is 12.4. The summed E-state index contributed by atoms with van der Waals surface area (Å²) in [6.45, 7) is 5.16. The van der Waals surface area contributed by atoms with Crippen molar-refractivity contribution in [2.45, 2.75) is 18.2 Å². The molecule has 3 amide bonds. The summed E-state index contributed by atoms with van der Waals surface area (Å²) in [7, 11) is 0. The smallest absolute Gasteiger partial charge is 0.333 e. The summed E-state index contributed by atoms with van der Waals surface area (Å²) in [5, 5.41) is 3.54. The SMILES string of the molecule is Cc1nc(N2CCOCC2)sc1C(=O)NNC(=O)NCCCSc1ccccc1. The minimum Gasteiger partial charge on any atom is -0.378 e. The third-order valence-electron chi connectivity index (χ3n) is 4.18. The molecule has 1 aromatic carbocycles. The Morgan fingerprint density at radius 3 is 2.72 bits per heavy atom. The average molecular weight is 436 g/mol. The number of aryl methyl sites for hydroxylation is 1. The molecule has 0 saturated carbocycles. The zero-order valence-corrected chi connectivity index (χ0v) is 17.9. The summed E-state index contributed by atoms with van der Waals surface area (Å²) in [6, 6.07) is 9.69. The first kappa shape index (κ1) is 21.4. The number of nitrogens with one attached hydrogen (secondary N) is 3. The van der Waals surface area contributed by atoms with E-state index in [0.29, 0.717) is 30.3 Å². The molecule has 1 saturated heterocycles. The van der Waals surface area contributed by atoms with Crippen LogP contribution < -0.4 is 21.1 Å². The molecule has 0 spiro atoms. The highest BCUT2D eigenvalue weighted by Gasteiger charge is 2.20. The molecule has 1 aliphatic heterocycles. The first-order chi connectivity index (χ1) is 14.1. The van der Waals surface area contributed by atoms with Gasteiger partial charge >= 0.3 is 6.03 Å². The Kier molecular flexibility index (Phi) is 8.14. The second kappa shape index (κ2) is 11.0. The Labute approximate surface area is 178 Å². The second-order valence-electron chi connectivity index (χ2n) is 6.36. The van der Waals surface area contributed by atoms with Gasteiger partial charge in [-0.25, -0.2) is 15.2 Å². The van der Waals surface area contributed by atoms with E-state index in [1.54, 1.807) is 18.7 Å². The van der Waals surface area contributed by atoms with Crippen molar-refractivity contribution in [3.8, 4) is 0 Å². The van der Waals surface area contributed by atoms with Gasteiger partial charge in [0.25, 0.3) is 5.91 Å². The number of thioether (sulfide) groups is 1. The van der Waals surface area contributed by atoms with Crippen molar-refractivity contribution in [3.05, 3.63) is 40.9 Å². The summed E-state index contributed by atoms with van der Waals surface area (Å²) in [6.07, 6.45) is 0.831. The van der Waals surface area contributed by atoms with Crippen molar-refractivity contribution in [2.24, 2.45) is 0 Å². The van der Waals surface area contributed by atoms with Crippen molar-refractivity contribution in [3.63, 3.8) is 0 Å². The minimum atomic E-state index is -0.432. The molecule has 0 unspecified atom stereocenters. The standard InChI is InChI=1S/C19H25N5O3S2/c1-14-16(29-19(21-14)24-9-11-27-12-10-24)17(25)22-23-18(26)20-8-5-13-28-15-6-3-2-4-7-15/h2-4,6-7H,5,8-13H2,1H3,(H,22,25)(H2,20,23,26). The zero-order chi connectivity index (χ0) is 20.5. The number of hydrazine groups is 1. The monoisotopic (exact) mass is 435 g/mol. The Morgan fingerprint density at radius 1 is 1.21 bits per heavy atom. The van der Waals surface area contributed by atoms with Crippen molar-refractivity contribution in [1.82, 2.24) is 21.2 Å². The van der Waals surface area contributed by atoms with Gasteiger partial charge in [-0.05, 0) is 31.2 Å². The Hall–Kier alpha value is -2.30. The first-order valence-electron chi connectivity index (χ1n) is 9.45. The molecular weight excluding hydrogens is 410 g/mol. The quantitative estimate of drug-likeness (QED) is 0.351. The van der Waals surface area contributed by atoms with E-state index >= 15 is 0 Å². The van der Waals surface area contributed by atoms with E-state index in [-0.39, 0.29) is 5.91 Å². The van der Waals surface area contributed by atoms with Crippen molar-refractivity contribution < 1.29 is 14.3 Å². The highest BCUT2D eigenvalue weighted by atomic mass is 32.2. The average Bonchev–Trinajstić information content (AvgIpc) is 3.15. The fourth-order valence-corrected chi connectivity index (χ4v) is 4.57. The Morgan fingerprint density at radius 2 is 1.97 bits per heavy atom. The van der Waals surface area contributed by atoms with Crippen LogP contribution in [0.5, 0.6) is 0 Å². The second-order valence-corrected chi connectivity index (χ2v) is 8.51. The van der Waals surface area contributed by atoms with E-state index in [0.717, 1.165) is 30.4 Å². The van der Waals surface area contributed by atoms with Crippen LogP contribution in [0.3, 0.4) is 0 Å². The molecule has 1 fully saturated rings. The van der Waals surface area contributed by atoms with Crippen LogP contribution in [0.25, 0.3) is 0 Å². The Bertz CT molecular complexity index is 809. The fraction of sp³-hybridized carbons (Fsp3) is 0.421. The summed E-state index contributed by atoms with van der Waals surface area (Å²) >= 11 is 3.07. The van der Waals surface area contributed by atoms with Crippen LogP contribution in [0.15, 0.2) is 35.2 Å². The molecule has 29 heavy (non-hydrogen) atoms. The van der Waals surface area contributed by atoms with Gasteiger partial charge < -0.3 is 15.0 Å². The van der Waals surface area contributed by atoms with Gasteiger partial charge in [0.1, 0.15) is 4.88 Å². The molecule has 0 aliphatic carbocycles. The van der Waals surface area contributed by atoms with Crippen LogP contribution in [-0.2, 0) is 4.74 Å². The zero-order valence-electron chi connectivity index (χ0n) is 16.3. The molecular formula is C19H25N5O3S2. The van der Waals surface area contributed by atoms with E-state index < -0.39 is 6.03 Å². The summed E-state index contributed by atoms with van der Waals surface area (Å²) < 4.78 is 5.34. The number of rotatable bonds is 7. The first-order valence-corrected chi connectivity index (χ1v) is 11.3. The molecule has 1 aromatic heterocycles. The fourth-order valence-electron chi connectivity index (χ4n) is 2.68.